The molecule has 0 bridgehead atoms. The number of rotatable bonds is 5. The summed E-state index contributed by atoms with van der Waals surface area (Å²) in [6.07, 6.45) is 3.49. The lowest BCUT2D eigenvalue weighted by Gasteiger charge is -2.33. The molecule has 1 saturated heterocycles. The van der Waals surface area contributed by atoms with Gasteiger partial charge in [0.15, 0.2) is 0 Å². The Morgan fingerprint density at radius 3 is 2.68 bits per heavy atom. The van der Waals surface area contributed by atoms with Crippen molar-refractivity contribution in [1.82, 2.24) is 4.90 Å². The molecule has 1 unspecified atom stereocenters. The third-order valence-electron chi connectivity index (χ3n) is 4.59. The van der Waals surface area contributed by atoms with Crippen LogP contribution in [0.5, 0.6) is 0 Å². The van der Waals surface area contributed by atoms with Gasteiger partial charge in [-0.2, -0.15) is 11.3 Å². The van der Waals surface area contributed by atoms with E-state index in [1.807, 2.05) is 11.4 Å². The highest BCUT2D eigenvalue weighted by Crippen LogP contribution is 2.28. The molecule has 1 aliphatic heterocycles. The van der Waals surface area contributed by atoms with Gasteiger partial charge in [0, 0.05) is 22.6 Å². The van der Waals surface area contributed by atoms with Crippen LogP contribution in [-0.4, -0.2) is 29.6 Å². The molecule has 0 saturated carbocycles. The fourth-order valence-electron chi connectivity index (χ4n) is 3.30. The van der Waals surface area contributed by atoms with Gasteiger partial charge in [0.05, 0.1) is 0 Å². The second-order valence-electron chi connectivity index (χ2n) is 6.47. The molecule has 132 valence electrons. The molecule has 1 fully saturated rings. The van der Waals surface area contributed by atoms with Crippen LogP contribution in [0, 0.1) is 5.41 Å². The van der Waals surface area contributed by atoms with Crippen molar-refractivity contribution < 1.29 is 4.79 Å². The number of benzene rings is 1. The fourth-order valence-corrected chi connectivity index (χ4v) is 3.98. The molecule has 1 aromatic carbocycles. The van der Waals surface area contributed by atoms with Crippen LogP contribution >= 0.6 is 11.3 Å². The van der Waals surface area contributed by atoms with E-state index in [-0.39, 0.29) is 11.9 Å². The Kier molecular flexibility index (Phi) is 5.50. The molecule has 2 heterocycles. The second-order valence-corrected chi connectivity index (χ2v) is 7.25. The minimum absolute atomic E-state index is 0.0290. The third kappa shape index (κ3) is 4.08. The summed E-state index contributed by atoms with van der Waals surface area (Å²) in [5.74, 6) is -0.0290. The zero-order valence-electron chi connectivity index (χ0n) is 14.4. The molecule has 6 heteroatoms. The lowest BCUT2D eigenvalue weighted by Crippen LogP contribution is -2.40. The highest BCUT2D eigenvalue weighted by Gasteiger charge is 2.29. The van der Waals surface area contributed by atoms with Gasteiger partial charge in [-0.3, -0.25) is 9.69 Å². The number of thiophene rings is 1. The Balaban J connectivity index is 1.83. The summed E-state index contributed by atoms with van der Waals surface area (Å²) in [7, 11) is 0. The molecule has 1 aliphatic rings. The maximum atomic E-state index is 13.0. The van der Waals surface area contributed by atoms with E-state index in [1.54, 1.807) is 36.5 Å². The first-order valence-corrected chi connectivity index (χ1v) is 9.52. The largest absolute Gasteiger partial charge is 0.398 e. The minimum Gasteiger partial charge on any atom is -0.398 e. The predicted molar refractivity (Wildman–Crippen MR) is 104 cm³/mol. The Bertz CT molecular complexity index is 751. The number of nitrogens with one attached hydrogen (secondary N) is 2. The topological polar surface area (TPSA) is 82.2 Å². The van der Waals surface area contributed by atoms with Crippen molar-refractivity contribution in [3.63, 3.8) is 0 Å². The highest BCUT2D eigenvalue weighted by atomic mass is 32.1. The average molecular weight is 356 g/mol. The molecule has 0 spiro atoms. The standard InChI is InChI=1S/C19H24N4OS/c1-13(20)16-11-15(5-6-17(16)21)22-19(24)18(14-7-10-25-12-14)23-8-3-2-4-9-23/h5-7,10-12,18,20H,2-4,8-9,21H2,1H3,(H,22,24). The number of carbonyl (C=O) groups is 1. The van der Waals surface area contributed by atoms with E-state index in [1.165, 1.54) is 6.42 Å². The summed E-state index contributed by atoms with van der Waals surface area (Å²) >= 11 is 1.61. The highest BCUT2D eigenvalue weighted by molar-refractivity contribution is 7.08. The second kappa shape index (κ2) is 7.80. The van der Waals surface area contributed by atoms with Crippen molar-refractivity contribution in [3.05, 3.63) is 46.2 Å². The molecule has 0 aliphatic carbocycles. The normalized spacial score (nSPS) is 16.4. The van der Waals surface area contributed by atoms with Gasteiger partial charge in [0.2, 0.25) is 5.91 Å². The van der Waals surface area contributed by atoms with Crippen LogP contribution in [0.25, 0.3) is 0 Å². The predicted octanol–water partition coefficient (Wildman–Crippen LogP) is 3.88. The summed E-state index contributed by atoms with van der Waals surface area (Å²) in [4.78, 5) is 15.3. The molecular formula is C19H24N4OS. The quantitative estimate of drug-likeness (QED) is 0.561. The van der Waals surface area contributed by atoms with E-state index in [0.717, 1.165) is 31.5 Å². The smallest absolute Gasteiger partial charge is 0.246 e. The third-order valence-corrected chi connectivity index (χ3v) is 5.29. The summed E-state index contributed by atoms with van der Waals surface area (Å²) < 4.78 is 0. The van der Waals surface area contributed by atoms with Crippen molar-refractivity contribution in [2.75, 3.05) is 24.1 Å². The number of nitrogen functional groups attached to an aromatic ring is 1. The molecule has 5 nitrogen and oxygen atoms in total. The molecule has 25 heavy (non-hydrogen) atoms. The molecular weight excluding hydrogens is 332 g/mol. The van der Waals surface area contributed by atoms with Crippen LogP contribution in [-0.2, 0) is 4.79 Å². The van der Waals surface area contributed by atoms with Gasteiger partial charge in [-0.15, -0.1) is 0 Å². The van der Waals surface area contributed by atoms with Crippen LogP contribution in [0.1, 0.15) is 43.4 Å². The summed E-state index contributed by atoms with van der Waals surface area (Å²) in [6, 6.07) is 7.06. The van der Waals surface area contributed by atoms with Gasteiger partial charge in [0.1, 0.15) is 6.04 Å². The van der Waals surface area contributed by atoms with Gasteiger partial charge in [-0.25, -0.2) is 0 Å². The average Bonchev–Trinajstić information content (AvgIpc) is 3.11. The van der Waals surface area contributed by atoms with E-state index in [4.69, 9.17) is 11.1 Å². The van der Waals surface area contributed by atoms with Gasteiger partial charge in [-0.05, 0) is 73.4 Å². The number of nitrogens with zero attached hydrogens (tertiary/aromatic N) is 1. The zero-order chi connectivity index (χ0) is 17.8. The Labute approximate surface area is 152 Å². The molecule has 1 atom stereocenters. The maximum absolute atomic E-state index is 13.0. The Hall–Kier alpha value is -2.18. The molecule has 3 rings (SSSR count). The lowest BCUT2D eigenvalue weighted by atomic mass is 10.0. The fraction of sp³-hybridized carbons (Fsp3) is 0.368. The number of carbonyl (C=O) groups excluding carboxylic acids is 1. The number of likely N-dealkylation sites (tertiary alicyclic amines) is 1. The van der Waals surface area contributed by atoms with Crippen molar-refractivity contribution in [2.24, 2.45) is 0 Å². The van der Waals surface area contributed by atoms with Crippen molar-refractivity contribution in [1.29, 1.82) is 5.41 Å². The first kappa shape index (κ1) is 17.6. The van der Waals surface area contributed by atoms with Crippen LogP contribution in [0.15, 0.2) is 35.0 Å². The molecule has 1 amide bonds. The van der Waals surface area contributed by atoms with E-state index in [0.29, 0.717) is 22.6 Å². The van der Waals surface area contributed by atoms with Gasteiger partial charge >= 0.3 is 0 Å². The van der Waals surface area contributed by atoms with Crippen molar-refractivity contribution in [2.45, 2.75) is 32.2 Å². The SMILES string of the molecule is CC(=N)c1cc(NC(=O)C(c2ccsc2)N2CCCCC2)ccc1N. The summed E-state index contributed by atoms with van der Waals surface area (Å²) in [5.41, 5.74) is 9.23. The van der Waals surface area contributed by atoms with Crippen molar-refractivity contribution >= 4 is 34.3 Å². The van der Waals surface area contributed by atoms with Crippen LogP contribution in [0.3, 0.4) is 0 Å². The first-order chi connectivity index (χ1) is 12.1. The van der Waals surface area contributed by atoms with E-state index in [2.05, 4.69) is 15.6 Å². The lowest BCUT2D eigenvalue weighted by molar-refractivity contribution is -0.121. The van der Waals surface area contributed by atoms with Crippen LogP contribution < -0.4 is 11.1 Å². The van der Waals surface area contributed by atoms with Crippen LogP contribution in [0.2, 0.25) is 0 Å². The first-order valence-electron chi connectivity index (χ1n) is 8.58. The molecule has 4 N–H and O–H groups in total. The molecule has 2 aromatic rings. The number of hydrogen-bond donors (Lipinski definition) is 3. The zero-order valence-corrected chi connectivity index (χ0v) is 15.2. The van der Waals surface area contributed by atoms with Gasteiger partial charge < -0.3 is 16.5 Å². The molecule has 0 radical (unpaired) electrons. The Morgan fingerprint density at radius 1 is 1.28 bits per heavy atom. The maximum Gasteiger partial charge on any atom is 0.246 e. The number of hydrogen-bond acceptors (Lipinski definition) is 5. The van der Waals surface area contributed by atoms with E-state index in [9.17, 15) is 4.79 Å². The Morgan fingerprint density at radius 2 is 2.04 bits per heavy atom. The van der Waals surface area contributed by atoms with Crippen molar-refractivity contribution in [3.8, 4) is 0 Å². The summed E-state index contributed by atoms with van der Waals surface area (Å²) in [6.45, 7) is 3.58. The monoisotopic (exact) mass is 356 g/mol. The van der Waals surface area contributed by atoms with Crippen LogP contribution in [0.4, 0.5) is 11.4 Å². The minimum atomic E-state index is -0.270. The number of piperidine rings is 1. The number of nitrogens with two attached hydrogens (primary N) is 1. The van der Waals surface area contributed by atoms with E-state index < -0.39 is 0 Å². The van der Waals surface area contributed by atoms with E-state index >= 15 is 0 Å². The number of anilines is 2. The van der Waals surface area contributed by atoms with Gasteiger partial charge in [-0.1, -0.05) is 6.42 Å². The number of amides is 1. The summed E-state index contributed by atoms with van der Waals surface area (Å²) in [5, 5.41) is 14.9. The molecule has 1 aromatic heterocycles. The van der Waals surface area contributed by atoms with Gasteiger partial charge in [0.25, 0.3) is 0 Å².